The van der Waals surface area contributed by atoms with E-state index in [1.165, 1.54) is 31.5 Å². The van der Waals surface area contributed by atoms with Crippen molar-refractivity contribution in [1.29, 1.82) is 0 Å². The van der Waals surface area contributed by atoms with E-state index in [4.69, 9.17) is 0 Å². The molecule has 2 rings (SSSR count). The minimum atomic E-state index is 0.804. The molecule has 17 heavy (non-hydrogen) atoms. The summed E-state index contributed by atoms with van der Waals surface area (Å²) in [5, 5.41) is 0. The molecule has 0 spiro atoms. The highest BCUT2D eigenvalue weighted by Crippen LogP contribution is 2.27. The molecule has 1 aliphatic rings. The number of aryl methyl sites for hydroxylation is 1. The zero-order valence-electron chi connectivity index (χ0n) is 10.8. The van der Waals surface area contributed by atoms with Gasteiger partial charge in [-0.3, -0.25) is 4.79 Å². The van der Waals surface area contributed by atoms with Gasteiger partial charge in [0.25, 0.3) is 0 Å². The van der Waals surface area contributed by atoms with Crippen molar-refractivity contribution in [2.45, 2.75) is 33.1 Å². The highest BCUT2D eigenvalue weighted by molar-refractivity contribution is 5.78. The van der Waals surface area contributed by atoms with Crippen molar-refractivity contribution in [3.8, 4) is 0 Å². The smallest absolute Gasteiger partial charge is 0.150 e. The van der Waals surface area contributed by atoms with Crippen LogP contribution in [-0.4, -0.2) is 19.4 Å². The van der Waals surface area contributed by atoms with Gasteiger partial charge < -0.3 is 4.90 Å². The molecule has 92 valence electrons. The zero-order chi connectivity index (χ0) is 12.3. The van der Waals surface area contributed by atoms with Gasteiger partial charge in [-0.1, -0.05) is 13.3 Å². The number of rotatable bonds is 4. The summed E-state index contributed by atoms with van der Waals surface area (Å²) >= 11 is 0. The van der Waals surface area contributed by atoms with Gasteiger partial charge >= 0.3 is 0 Å². The minimum absolute atomic E-state index is 0.804. The van der Waals surface area contributed by atoms with E-state index in [0.717, 1.165) is 29.9 Å². The Bertz CT molecular complexity index is 400. The van der Waals surface area contributed by atoms with Crippen molar-refractivity contribution in [3.05, 3.63) is 29.3 Å². The highest BCUT2D eigenvalue weighted by atomic mass is 16.1. The maximum absolute atomic E-state index is 10.8. The van der Waals surface area contributed by atoms with Crippen LogP contribution in [0.5, 0.6) is 0 Å². The zero-order valence-corrected chi connectivity index (χ0v) is 10.8. The lowest BCUT2D eigenvalue weighted by atomic mass is 10.0. The van der Waals surface area contributed by atoms with Gasteiger partial charge in [0.2, 0.25) is 0 Å². The number of aldehydes is 1. The lowest BCUT2D eigenvalue weighted by Gasteiger charge is -2.19. The van der Waals surface area contributed by atoms with Gasteiger partial charge in [0.05, 0.1) is 0 Å². The summed E-state index contributed by atoms with van der Waals surface area (Å²) in [5.41, 5.74) is 3.15. The van der Waals surface area contributed by atoms with E-state index in [2.05, 4.69) is 24.0 Å². The monoisotopic (exact) mass is 231 g/mol. The van der Waals surface area contributed by atoms with E-state index in [0.29, 0.717) is 0 Å². The predicted molar refractivity (Wildman–Crippen MR) is 71.8 cm³/mol. The predicted octanol–water partition coefficient (Wildman–Crippen LogP) is 3.43. The van der Waals surface area contributed by atoms with Crippen molar-refractivity contribution >= 4 is 12.0 Å². The average molecular weight is 231 g/mol. The maximum atomic E-state index is 10.8. The standard InChI is InChI=1S/C15H21NO/c1-3-4-13-7-8-16(10-13)15-6-5-14(11-17)12(2)9-15/h5-6,9,11,13H,3-4,7-8,10H2,1-2H3. The Labute approximate surface area is 104 Å². The van der Waals surface area contributed by atoms with Gasteiger partial charge in [0, 0.05) is 24.3 Å². The fourth-order valence-electron chi connectivity index (χ4n) is 2.70. The first kappa shape index (κ1) is 12.2. The largest absolute Gasteiger partial charge is 0.371 e. The minimum Gasteiger partial charge on any atom is -0.371 e. The van der Waals surface area contributed by atoms with Gasteiger partial charge in [0.15, 0.2) is 0 Å². The highest BCUT2D eigenvalue weighted by Gasteiger charge is 2.21. The van der Waals surface area contributed by atoms with E-state index in [1.807, 2.05) is 13.0 Å². The topological polar surface area (TPSA) is 20.3 Å². The first-order valence-corrected chi connectivity index (χ1v) is 6.55. The van der Waals surface area contributed by atoms with E-state index < -0.39 is 0 Å². The molecule has 0 bridgehead atoms. The maximum Gasteiger partial charge on any atom is 0.150 e. The molecule has 1 unspecified atom stereocenters. The summed E-state index contributed by atoms with van der Waals surface area (Å²) in [6, 6.07) is 6.15. The summed E-state index contributed by atoms with van der Waals surface area (Å²) in [6.07, 6.45) is 4.86. The van der Waals surface area contributed by atoms with Crippen LogP contribution in [0.15, 0.2) is 18.2 Å². The Hall–Kier alpha value is -1.31. The van der Waals surface area contributed by atoms with Gasteiger partial charge in [-0.15, -0.1) is 0 Å². The third-order valence-electron chi connectivity index (χ3n) is 3.73. The molecule has 1 fully saturated rings. The van der Waals surface area contributed by atoms with Gasteiger partial charge in [-0.2, -0.15) is 0 Å². The Morgan fingerprint density at radius 1 is 1.47 bits per heavy atom. The third-order valence-corrected chi connectivity index (χ3v) is 3.73. The van der Waals surface area contributed by atoms with Crippen LogP contribution in [0.3, 0.4) is 0 Å². The Kier molecular flexibility index (Phi) is 3.82. The van der Waals surface area contributed by atoms with E-state index in [-0.39, 0.29) is 0 Å². The molecule has 0 aromatic heterocycles. The molecule has 1 atom stereocenters. The number of carbonyl (C=O) groups is 1. The molecule has 1 saturated heterocycles. The fraction of sp³-hybridized carbons (Fsp3) is 0.533. The molecule has 2 nitrogen and oxygen atoms in total. The molecule has 0 N–H and O–H groups in total. The molecule has 2 heteroatoms. The number of benzene rings is 1. The number of anilines is 1. The molecule has 0 amide bonds. The molecule has 1 aromatic rings. The molecule has 0 saturated carbocycles. The molecule has 1 heterocycles. The van der Waals surface area contributed by atoms with Crippen LogP contribution < -0.4 is 4.90 Å². The van der Waals surface area contributed by atoms with Crippen LogP contribution >= 0.6 is 0 Å². The van der Waals surface area contributed by atoms with E-state index in [9.17, 15) is 4.79 Å². The molecular weight excluding hydrogens is 210 g/mol. The third kappa shape index (κ3) is 2.68. The van der Waals surface area contributed by atoms with E-state index in [1.54, 1.807) is 0 Å². The Morgan fingerprint density at radius 2 is 2.29 bits per heavy atom. The molecule has 1 aromatic carbocycles. The Balaban J connectivity index is 2.08. The Morgan fingerprint density at radius 3 is 2.94 bits per heavy atom. The van der Waals surface area contributed by atoms with Crippen LogP contribution in [-0.2, 0) is 0 Å². The molecular formula is C15H21NO. The number of hydrogen-bond donors (Lipinski definition) is 0. The number of nitrogens with zero attached hydrogens (tertiary/aromatic N) is 1. The number of hydrogen-bond acceptors (Lipinski definition) is 2. The quantitative estimate of drug-likeness (QED) is 0.740. The normalized spacial score (nSPS) is 19.6. The molecule has 1 aliphatic heterocycles. The van der Waals surface area contributed by atoms with Gasteiger partial charge in [-0.25, -0.2) is 0 Å². The SMILES string of the molecule is CCCC1CCN(c2ccc(C=O)c(C)c2)C1. The first-order valence-electron chi connectivity index (χ1n) is 6.55. The van der Waals surface area contributed by atoms with Crippen molar-refractivity contribution in [2.24, 2.45) is 5.92 Å². The van der Waals surface area contributed by atoms with Gasteiger partial charge in [-0.05, 0) is 49.4 Å². The lowest BCUT2D eigenvalue weighted by Crippen LogP contribution is -2.19. The fourth-order valence-corrected chi connectivity index (χ4v) is 2.70. The summed E-state index contributed by atoms with van der Waals surface area (Å²) in [5.74, 6) is 0.853. The van der Waals surface area contributed by atoms with Crippen LogP contribution in [0.1, 0.15) is 42.1 Å². The van der Waals surface area contributed by atoms with Crippen LogP contribution in [0, 0.1) is 12.8 Å². The second-order valence-corrected chi connectivity index (χ2v) is 5.05. The van der Waals surface area contributed by atoms with Crippen molar-refractivity contribution in [3.63, 3.8) is 0 Å². The van der Waals surface area contributed by atoms with Crippen LogP contribution in [0.25, 0.3) is 0 Å². The lowest BCUT2D eigenvalue weighted by molar-refractivity contribution is 0.112. The summed E-state index contributed by atoms with van der Waals surface area (Å²) in [6.45, 7) is 6.59. The van der Waals surface area contributed by atoms with Crippen LogP contribution in [0.4, 0.5) is 5.69 Å². The van der Waals surface area contributed by atoms with Crippen molar-refractivity contribution in [2.75, 3.05) is 18.0 Å². The second kappa shape index (κ2) is 5.35. The number of carbonyl (C=O) groups excluding carboxylic acids is 1. The summed E-state index contributed by atoms with van der Waals surface area (Å²) in [4.78, 5) is 13.2. The second-order valence-electron chi connectivity index (χ2n) is 5.05. The van der Waals surface area contributed by atoms with Crippen LogP contribution in [0.2, 0.25) is 0 Å². The summed E-state index contributed by atoms with van der Waals surface area (Å²) in [7, 11) is 0. The van der Waals surface area contributed by atoms with Gasteiger partial charge in [0.1, 0.15) is 6.29 Å². The first-order chi connectivity index (χ1) is 8.24. The van der Waals surface area contributed by atoms with Crippen molar-refractivity contribution < 1.29 is 4.79 Å². The van der Waals surface area contributed by atoms with Crippen molar-refractivity contribution in [1.82, 2.24) is 0 Å². The molecule has 0 radical (unpaired) electrons. The summed E-state index contributed by atoms with van der Waals surface area (Å²) < 4.78 is 0. The van der Waals surface area contributed by atoms with E-state index >= 15 is 0 Å². The average Bonchev–Trinajstić information content (AvgIpc) is 2.78. The molecule has 0 aliphatic carbocycles.